The van der Waals surface area contributed by atoms with E-state index in [-0.39, 0.29) is 5.82 Å². The van der Waals surface area contributed by atoms with E-state index in [1.54, 1.807) is 48.0 Å². The van der Waals surface area contributed by atoms with Crippen LogP contribution >= 0.6 is 0 Å². The van der Waals surface area contributed by atoms with Gasteiger partial charge in [-0.05, 0) is 55.3 Å². The number of halogens is 1. The number of benzene rings is 2. The number of nitrogens with one attached hydrogen (secondary N) is 1. The fourth-order valence-electron chi connectivity index (χ4n) is 4.58. The molecule has 0 radical (unpaired) electrons. The van der Waals surface area contributed by atoms with E-state index in [9.17, 15) is 19.4 Å². The van der Waals surface area contributed by atoms with Crippen molar-refractivity contribution in [1.29, 1.82) is 0 Å². The Kier molecular flexibility index (Phi) is 7.28. The predicted molar refractivity (Wildman–Crippen MR) is 141 cm³/mol. The maximum absolute atomic E-state index is 13.3. The molecule has 2 aliphatic heterocycles. The highest BCUT2D eigenvalue weighted by atomic mass is 19.1. The number of aliphatic imine (C=N–C) groups is 1. The normalized spacial score (nSPS) is 22.6. The molecule has 5 rings (SSSR count). The van der Waals surface area contributed by atoms with E-state index in [0.717, 1.165) is 22.3 Å². The molecule has 0 unspecified atom stereocenters. The van der Waals surface area contributed by atoms with Crippen molar-refractivity contribution < 1.29 is 28.9 Å². The molecular formula is C28H29FN4O5. The van der Waals surface area contributed by atoms with E-state index in [1.165, 1.54) is 18.2 Å². The molecule has 0 amide bonds. The third-order valence-electron chi connectivity index (χ3n) is 6.54. The molecule has 0 bridgehead atoms. The van der Waals surface area contributed by atoms with Crippen molar-refractivity contribution >= 4 is 29.9 Å². The average molecular weight is 521 g/mol. The summed E-state index contributed by atoms with van der Waals surface area (Å²) in [6.45, 7) is 4.20. The third-order valence-corrected chi connectivity index (χ3v) is 6.54. The van der Waals surface area contributed by atoms with Gasteiger partial charge in [0.25, 0.3) is 0 Å². The lowest BCUT2D eigenvalue weighted by Crippen LogP contribution is -2.31. The second kappa shape index (κ2) is 10.8. The number of fused-ring (bicyclic) bond motifs is 1. The molecule has 198 valence electrons. The zero-order chi connectivity index (χ0) is 26.8. The number of esters is 1. The Morgan fingerprint density at radius 1 is 1.18 bits per heavy atom. The molecule has 3 N–H and O–H groups in total. The number of anilines is 1. The van der Waals surface area contributed by atoms with Gasteiger partial charge in [0.15, 0.2) is 6.23 Å². The molecule has 2 aliphatic rings. The van der Waals surface area contributed by atoms with Gasteiger partial charge in [-0.15, -0.1) is 0 Å². The van der Waals surface area contributed by atoms with Gasteiger partial charge in [-0.2, -0.15) is 0 Å². The average Bonchev–Trinajstić information content (AvgIpc) is 3.41. The number of aliphatic hydroxyl groups excluding tert-OH is 2. The minimum absolute atomic E-state index is 0.314. The number of aromatic nitrogens is 1. The Morgan fingerprint density at radius 2 is 1.92 bits per heavy atom. The maximum atomic E-state index is 13.3. The van der Waals surface area contributed by atoms with Gasteiger partial charge in [0.05, 0.1) is 24.9 Å². The largest absolute Gasteiger partial charge is 0.463 e. The maximum Gasteiger partial charge on any atom is 0.330 e. The summed E-state index contributed by atoms with van der Waals surface area (Å²) < 4.78 is 25.9. The molecule has 9 nitrogen and oxygen atoms in total. The third kappa shape index (κ3) is 5.19. The SMILES string of the molecule is CCOC(=O)C=Cc1ccc(-c2cn([C@@H]3O[C@H](C)[C@@H](O)[C@H]3O)c3c2CN(Nc2ccc(F)cc2)C=N3)cc1. The number of rotatable bonds is 7. The van der Waals surface area contributed by atoms with Crippen LogP contribution in [0.25, 0.3) is 17.2 Å². The van der Waals surface area contributed by atoms with Crippen LogP contribution < -0.4 is 5.43 Å². The highest BCUT2D eigenvalue weighted by molar-refractivity contribution is 5.87. The number of hydrogen-bond acceptors (Lipinski definition) is 8. The quantitative estimate of drug-likeness (QED) is 0.319. The molecule has 1 saturated heterocycles. The van der Waals surface area contributed by atoms with Gasteiger partial charge in [0.1, 0.15) is 30.2 Å². The first-order chi connectivity index (χ1) is 18.3. The molecule has 1 aromatic heterocycles. The highest BCUT2D eigenvalue weighted by Gasteiger charge is 2.42. The van der Waals surface area contributed by atoms with Gasteiger partial charge >= 0.3 is 5.97 Å². The van der Waals surface area contributed by atoms with Crippen molar-refractivity contribution in [2.75, 3.05) is 12.0 Å². The summed E-state index contributed by atoms with van der Waals surface area (Å²) in [5, 5.41) is 22.7. The van der Waals surface area contributed by atoms with Crippen LogP contribution in [0.2, 0.25) is 0 Å². The smallest absolute Gasteiger partial charge is 0.330 e. The second-order valence-electron chi connectivity index (χ2n) is 9.16. The number of carbonyl (C=O) groups is 1. The van der Waals surface area contributed by atoms with Gasteiger partial charge in [0, 0.05) is 23.4 Å². The first-order valence-corrected chi connectivity index (χ1v) is 12.4. The van der Waals surface area contributed by atoms with Crippen LogP contribution in [0.4, 0.5) is 15.9 Å². The van der Waals surface area contributed by atoms with Gasteiger partial charge < -0.3 is 24.3 Å². The van der Waals surface area contributed by atoms with Crippen LogP contribution in [0.3, 0.4) is 0 Å². The number of aliphatic hydroxyl groups is 2. The molecule has 2 aromatic carbocycles. The van der Waals surface area contributed by atoms with Crippen molar-refractivity contribution in [2.24, 2.45) is 4.99 Å². The molecule has 4 atom stereocenters. The van der Waals surface area contributed by atoms with Crippen LogP contribution in [0, 0.1) is 5.82 Å². The summed E-state index contributed by atoms with van der Waals surface area (Å²) in [7, 11) is 0. The van der Waals surface area contributed by atoms with Crippen molar-refractivity contribution in [2.45, 2.75) is 44.9 Å². The topological polar surface area (TPSA) is 109 Å². The Hall–Kier alpha value is -3.99. The standard InChI is InChI=1S/C28H29FN4O5/c1-3-37-24(34)13-6-18-4-7-19(8-5-18)22-15-33(28-26(36)25(35)17(2)38-28)27-23(22)14-32(16-30-27)31-21-11-9-20(29)10-12-21/h4-13,15-17,25-26,28,31,35-36H,3,14H2,1-2H3/t17-,25-,26-,28-/m1/s1. The molecule has 3 heterocycles. The first-order valence-electron chi connectivity index (χ1n) is 12.4. The Labute approximate surface area is 219 Å². The van der Waals surface area contributed by atoms with Crippen molar-refractivity contribution in [3.63, 3.8) is 0 Å². The van der Waals surface area contributed by atoms with Gasteiger partial charge in [-0.25, -0.2) is 14.2 Å². The zero-order valence-corrected chi connectivity index (χ0v) is 21.0. The van der Waals surface area contributed by atoms with E-state index in [1.807, 2.05) is 30.5 Å². The van der Waals surface area contributed by atoms with E-state index < -0.39 is 30.5 Å². The number of nitrogens with zero attached hydrogens (tertiary/aromatic N) is 3. The van der Waals surface area contributed by atoms with Crippen LogP contribution in [-0.2, 0) is 20.8 Å². The first kappa shape index (κ1) is 25.7. The highest BCUT2D eigenvalue weighted by Crippen LogP contribution is 2.41. The van der Waals surface area contributed by atoms with Crippen molar-refractivity contribution in [3.8, 4) is 11.1 Å². The van der Waals surface area contributed by atoms with Crippen LogP contribution in [0.15, 0.2) is 65.8 Å². The van der Waals surface area contributed by atoms with Crippen LogP contribution in [-0.4, -0.2) is 57.0 Å². The van der Waals surface area contributed by atoms with Crippen molar-refractivity contribution in [3.05, 3.63) is 77.7 Å². The lowest BCUT2D eigenvalue weighted by molar-refractivity contribution is -0.137. The van der Waals surface area contributed by atoms with E-state index in [2.05, 4.69) is 10.4 Å². The monoisotopic (exact) mass is 520 g/mol. The minimum Gasteiger partial charge on any atom is -0.463 e. The second-order valence-corrected chi connectivity index (χ2v) is 9.16. The Balaban J connectivity index is 1.47. The number of hydrogen-bond donors (Lipinski definition) is 3. The van der Waals surface area contributed by atoms with Crippen LogP contribution in [0.1, 0.15) is 31.2 Å². The molecular weight excluding hydrogens is 491 g/mol. The summed E-state index contributed by atoms with van der Waals surface area (Å²) >= 11 is 0. The molecule has 1 fully saturated rings. The predicted octanol–water partition coefficient (Wildman–Crippen LogP) is 4.01. The summed E-state index contributed by atoms with van der Waals surface area (Å²) in [6, 6.07) is 13.7. The summed E-state index contributed by atoms with van der Waals surface area (Å²) in [5.41, 5.74) is 7.39. The van der Waals surface area contributed by atoms with Crippen LogP contribution in [0.5, 0.6) is 0 Å². The molecule has 10 heteroatoms. The fourth-order valence-corrected chi connectivity index (χ4v) is 4.58. The molecule has 0 aliphatic carbocycles. The number of carbonyl (C=O) groups excluding carboxylic acids is 1. The van der Waals surface area contributed by atoms with E-state index >= 15 is 0 Å². The number of hydrazine groups is 1. The lowest BCUT2D eigenvalue weighted by Gasteiger charge is -2.26. The minimum atomic E-state index is -1.12. The van der Waals surface area contributed by atoms with Crippen molar-refractivity contribution in [1.82, 2.24) is 9.58 Å². The van der Waals surface area contributed by atoms with Gasteiger partial charge in [-0.3, -0.25) is 10.4 Å². The van der Waals surface area contributed by atoms with Gasteiger partial charge in [0.2, 0.25) is 0 Å². The Morgan fingerprint density at radius 3 is 2.58 bits per heavy atom. The zero-order valence-electron chi connectivity index (χ0n) is 21.0. The lowest BCUT2D eigenvalue weighted by atomic mass is 10.0. The Bertz CT molecular complexity index is 1350. The summed E-state index contributed by atoms with van der Waals surface area (Å²) in [4.78, 5) is 16.3. The van der Waals surface area contributed by atoms with E-state index in [0.29, 0.717) is 24.7 Å². The summed E-state index contributed by atoms with van der Waals surface area (Å²) in [5.74, 6) is -0.119. The molecule has 0 spiro atoms. The summed E-state index contributed by atoms with van der Waals surface area (Å²) in [6.07, 6.45) is 3.09. The molecule has 3 aromatic rings. The van der Waals surface area contributed by atoms with E-state index in [4.69, 9.17) is 9.47 Å². The molecule has 0 saturated carbocycles. The fraction of sp³-hybridized carbons (Fsp3) is 0.286. The number of ether oxygens (including phenoxy) is 2. The van der Waals surface area contributed by atoms with Gasteiger partial charge in [-0.1, -0.05) is 24.3 Å². The molecule has 38 heavy (non-hydrogen) atoms.